The van der Waals surface area contributed by atoms with E-state index in [0.29, 0.717) is 12.3 Å². The number of hydrogen-bond acceptors (Lipinski definition) is 6. The predicted molar refractivity (Wildman–Crippen MR) is 105 cm³/mol. The Bertz CT molecular complexity index is 733. The van der Waals surface area contributed by atoms with Gasteiger partial charge in [0.2, 0.25) is 5.78 Å². The summed E-state index contributed by atoms with van der Waals surface area (Å²) in [7, 11) is 0. The molecule has 4 rings (SSSR count). The third-order valence-corrected chi connectivity index (χ3v) is 9.35. The normalized spacial score (nSPS) is 49.0. The fourth-order valence-corrected chi connectivity index (χ4v) is 7.80. The van der Waals surface area contributed by atoms with Crippen molar-refractivity contribution < 1.29 is 29.3 Å². The molecule has 29 heavy (non-hydrogen) atoms. The van der Waals surface area contributed by atoms with Crippen LogP contribution in [-0.4, -0.2) is 46.1 Å². The molecule has 4 aliphatic rings. The Balaban J connectivity index is 1.63. The molecular weight excluding hydrogens is 372 g/mol. The molecule has 0 aliphatic heterocycles. The molecule has 0 aromatic rings. The third-order valence-electron chi connectivity index (χ3n) is 9.35. The van der Waals surface area contributed by atoms with Crippen molar-refractivity contribution in [2.45, 2.75) is 83.8 Å². The minimum absolute atomic E-state index is 0.0438. The number of hydrogen-bond donors (Lipinski definition) is 2. The van der Waals surface area contributed by atoms with Crippen LogP contribution < -0.4 is 0 Å². The van der Waals surface area contributed by atoms with Gasteiger partial charge in [-0.25, -0.2) is 0 Å². The van der Waals surface area contributed by atoms with Gasteiger partial charge in [0.05, 0.1) is 6.10 Å². The maximum Gasteiger partial charge on any atom is 0.303 e. The summed E-state index contributed by atoms with van der Waals surface area (Å²) in [4.78, 5) is 37.5. The van der Waals surface area contributed by atoms with Gasteiger partial charge in [0.25, 0.3) is 0 Å². The van der Waals surface area contributed by atoms with E-state index in [1.165, 1.54) is 6.92 Å². The van der Waals surface area contributed by atoms with E-state index in [-0.39, 0.29) is 41.5 Å². The monoisotopic (exact) mass is 406 g/mol. The van der Waals surface area contributed by atoms with Gasteiger partial charge in [0.15, 0.2) is 6.61 Å². The van der Waals surface area contributed by atoms with Crippen molar-refractivity contribution in [2.24, 2.45) is 34.5 Å². The maximum absolute atomic E-state index is 13.5. The quantitative estimate of drug-likeness (QED) is 0.698. The fraction of sp³-hybridized carbons (Fsp3) is 0.870. The van der Waals surface area contributed by atoms with E-state index in [1.54, 1.807) is 0 Å². The Morgan fingerprint density at radius 3 is 2.55 bits per heavy atom. The number of rotatable bonds is 3. The average Bonchev–Trinajstić information content (AvgIpc) is 2.91. The molecule has 0 bridgehead atoms. The number of Topliss-reactive ketones (excluding diaryl/α,β-unsaturated/α-hetero) is 2. The van der Waals surface area contributed by atoms with E-state index < -0.39 is 29.4 Å². The largest absolute Gasteiger partial charge is 0.458 e. The van der Waals surface area contributed by atoms with Crippen molar-refractivity contribution in [3.8, 4) is 0 Å². The lowest BCUT2D eigenvalue weighted by Gasteiger charge is -2.60. The summed E-state index contributed by atoms with van der Waals surface area (Å²) >= 11 is 0. The van der Waals surface area contributed by atoms with Crippen LogP contribution in [0.15, 0.2) is 0 Å². The van der Waals surface area contributed by atoms with Crippen LogP contribution in [0.3, 0.4) is 0 Å². The Labute approximate surface area is 172 Å². The van der Waals surface area contributed by atoms with E-state index in [2.05, 4.69) is 6.92 Å². The van der Waals surface area contributed by atoms with Crippen molar-refractivity contribution in [1.29, 1.82) is 0 Å². The summed E-state index contributed by atoms with van der Waals surface area (Å²) in [5, 5.41) is 21.6. The van der Waals surface area contributed by atoms with Crippen LogP contribution in [0.4, 0.5) is 0 Å². The molecule has 162 valence electrons. The summed E-state index contributed by atoms with van der Waals surface area (Å²) in [5.74, 6) is -0.256. The second-order valence-corrected chi connectivity index (χ2v) is 10.6. The Morgan fingerprint density at radius 2 is 1.86 bits per heavy atom. The van der Waals surface area contributed by atoms with E-state index >= 15 is 0 Å². The van der Waals surface area contributed by atoms with E-state index in [0.717, 1.165) is 38.5 Å². The fourth-order valence-electron chi connectivity index (χ4n) is 7.80. The smallest absolute Gasteiger partial charge is 0.303 e. The summed E-state index contributed by atoms with van der Waals surface area (Å²) in [6.07, 6.45) is 5.28. The molecule has 4 aliphatic carbocycles. The standard InChI is InChI=1S/C23H34O6/c1-13(24)29-12-19(27)23(28)9-7-17-16-5-4-14-10-15(25)6-8-21(14,2)20(16)18(26)11-22(17,23)3/h14-17,20,25,28H,4-12H2,1-3H3/t14-,15?,16?,17?,20?,21?,22?,23-/m0/s1. The first kappa shape index (κ1) is 21.0. The van der Waals surface area contributed by atoms with Gasteiger partial charge in [-0.2, -0.15) is 0 Å². The molecule has 0 saturated heterocycles. The van der Waals surface area contributed by atoms with Crippen LogP contribution in [0.5, 0.6) is 0 Å². The topological polar surface area (TPSA) is 101 Å². The van der Waals surface area contributed by atoms with Crippen molar-refractivity contribution in [3.05, 3.63) is 0 Å². The van der Waals surface area contributed by atoms with Gasteiger partial charge >= 0.3 is 5.97 Å². The van der Waals surface area contributed by atoms with Crippen LogP contribution in [0.1, 0.15) is 72.1 Å². The van der Waals surface area contributed by atoms with Gasteiger partial charge in [-0.05, 0) is 68.1 Å². The number of carbonyl (C=O) groups is 3. The molecule has 0 aromatic heterocycles. The van der Waals surface area contributed by atoms with Crippen molar-refractivity contribution in [2.75, 3.05) is 6.61 Å². The Kier molecular flexibility index (Phi) is 4.97. The highest BCUT2D eigenvalue weighted by molar-refractivity contribution is 5.93. The molecule has 0 radical (unpaired) electrons. The number of carbonyl (C=O) groups excluding carboxylic acids is 3. The van der Waals surface area contributed by atoms with E-state index in [9.17, 15) is 24.6 Å². The number of aliphatic hydroxyl groups is 2. The molecule has 0 amide bonds. The number of esters is 1. The van der Waals surface area contributed by atoms with Gasteiger partial charge in [0.1, 0.15) is 11.4 Å². The first-order chi connectivity index (χ1) is 13.5. The van der Waals surface area contributed by atoms with Crippen LogP contribution in [0.25, 0.3) is 0 Å². The first-order valence-electron chi connectivity index (χ1n) is 11.1. The van der Waals surface area contributed by atoms with Gasteiger partial charge in [-0.15, -0.1) is 0 Å². The molecule has 0 heterocycles. The van der Waals surface area contributed by atoms with Gasteiger partial charge in [-0.1, -0.05) is 13.8 Å². The summed E-state index contributed by atoms with van der Waals surface area (Å²) in [5.41, 5.74) is -2.52. The zero-order chi connectivity index (χ0) is 21.2. The summed E-state index contributed by atoms with van der Waals surface area (Å²) in [6.45, 7) is 4.93. The molecule has 4 fully saturated rings. The minimum Gasteiger partial charge on any atom is -0.458 e. The number of ether oxygens (including phenoxy) is 1. The van der Waals surface area contributed by atoms with Crippen LogP contribution in [-0.2, 0) is 19.1 Å². The first-order valence-corrected chi connectivity index (χ1v) is 11.1. The predicted octanol–water partition coefficient (Wildman–Crippen LogP) is 2.43. The van der Waals surface area contributed by atoms with Gasteiger partial charge < -0.3 is 14.9 Å². The summed E-state index contributed by atoms with van der Waals surface area (Å²) in [6, 6.07) is 0. The molecule has 6 unspecified atom stereocenters. The molecule has 2 N–H and O–H groups in total. The third kappa shape index (κ3) is 2.93. The van der Waals surface area contributed by atoms with Crippen molar-refractivity contribution in [1.82, 2.24) is 0 Å². The number of aliphatic hydroxyl groups excluding tert-OH is 1. The molecule has 4 saturated carbocycles. The molecule has 8 atom stereocenters. The number of fused-ring (bicyclic) bond motifs is 5. The number of ketones is 2. The average molecular weight is 407 g/mol. The lowest BCUT2D eigenvalue weighted by molar-refractivity contribution is -0.181. The second kappa shape index (κ2) is 6.88. The van der Waals surface area contributed by atoms with Crippen LogP contribution >= 0.6 is 0 Å². The van der Waals surface area contributed by atoms with Gasteiger partial charge in [-0.3, -0.25) is 14.4 Å². The highest BCUT2D eigenvalue weighted by Crippen LogP contribution is 2.67. The molecule has 0 aromatic carbocycles. The van der Waals surface area contributed by atoms with Crippen LogP contribution in [0, 0.1) is 34.5 Å². The second-order valence-electron chi connectivity index (χ2n) is 10.6. The zero-order valence-electron chi connectivity index (χ0n) is 17.8. The van der Waals surface area contributed by atoms with E-state index in [4.69, 9.17) is 4.74 Å². The SMILES string of the molecule is CC(=O)OCC(=O)[C@@]1(O)CCC2C3CC[C@H]4CC(O)CCC4(C)C3C(=O)CC21C. The molecule has 6 nitrogen and oxygen atoms in total. The molecule has 6 heteroatoms. The van der Waals surface area contributed by atoms with Gasteiger partial charge in [0, 0.05) is 24.7 Å². The summed E-state index contributed by atoms with van der Waals surface area (Å²) < 4.78 is 4.88. The maximum atomic E-state index is 13.5. The van der Waals surface area contributed by atoms with E-state index in [1.807, 2.05) is 6.92 Å². The lowest BCUT2D eigenvalue weighted by Crippen LogP contribution is -2.62. The lowest BCUT2D eigenvalue weighted by atomic mass is 9.44. The Hall–Kier alpha value is -1.27. The van der Waals surface area contributed by atoms with Crippen LogP contribution in [0.2, 0.25) is 0 Å². The zero-order valence-corrected chi connectivity index (χ0v) is 17.8. The van der Waals surface area contributed by atoms with Crippen molar-refractivity contribution >= 4 is 17.5 Å². The highest BCUT2D eigenvalue weighted by atomic mass is 16.5. The molecular formula is C23H34O6. The highest BCUT2D eigenvalue weighted by Gasteiger charge is 2.69. The van der Waals surface area contributed by atoms with Crippen molar-refractivity contribution in [3.63, 3.8) is 0 Å². The molecule has 0 spiro atoms. The Morgan fingerprint density at radius 1 is 1.14 bits per heavy atom. The minimum atomic E-state index is -1.62.